The fraction of sp³-hybridized carbons (Fsp3) is 0.235. The van der Waals surface area contributed by atoms with Crippen LogP contribution in [0.5, 0.6) is 11.5 Å². The normalized spacial score (nSPS) is 21.7. The average molecular weight is 345 g/mol. The lowest BCUT2D eigenvalue weighted by atomic mass is 10.1. The third kappa shape index (κ3) is 2.41. The Balaban J connectivity index is 1.69. The van der Waals surface area contributed by atoms with E-state index in [1.54, 1.807) is 42.5 Å². The predicted molar refractivity (Wildman–Crippen MR) is 87.0 cm³/mol. The molecule has 0 amide bonds. The van der Waals surface area contributed by atoms with Gasteiger partial charge in [-0.05, 0) is 36.8 Å². The van der Waals surface area contributed by atoms with Gasteiger partial charge in [-0.3, -0.25) is 0 Å². The van der Waals surface area contributed by atoms with Crippen molar-refractivity contribution in [3.8, 4) is 11.5 Å². The monoisotopic (exact) mass is 345 g/mol. The van der Waals surface area contributed by atoms with Crippen LogP contribution in [0.4, 0.5) is 0 Å². The van der Waals surface area contributed by atoms with Gasteiger partial charge < -0.3 is 14.2 Å². The molecule has 24 heavy (non-hydrogen) atoms. The molecule has 124 valence electrons. The Morgan fingerprint density at radius 3 is 2.58 bits per heavy atom. The first kappa shape index (κ1) is 15.0. The van der Waals surface area contributed by atoms with E-state index in [-0.39, 0.29) is 11.7 Å². The van der Waals surface area contributed by atoms with E-state index in [0.29, 0.717) is 17.1 Å². The predicted octanol–water partition coefficient (Wildman–Crippen LogP) is 2.62. The van der Waals surface area contributed by atoms with E-state index in [1.165, 1.54) is 6.40 Å². The van der Waals surface area contributed by atoms with Gasteiger partial charge in [-0.25, -0.2) is 13.4 Å². The number of aliphatic imine (C=N–C) groups is 1. The first-order chi connectivity index (χ1) is 11.6. The van der Waals surface area contributed by atoms with Gasteiger partial charge in [0.1, 0.15) is 0 Å². The standard InChI is InChI=1S/C17H15NO5S/c1-11-2-5-13(6-3-11)24(19,20)17-16(21-9-18-17)12-4-7-14-15(8-12)23-10-22-14/h2-9,16-17H,10H2,1H3. The van der Waals surface area contributed by atoms with Crippen LogP contribution in [-0.2, 0) is 14.6 Å². The van der Waals surface area contributed by atoms with E-state index in [1.807, 2.05) is 6.92 Å². The molecule has 0 spiro atoms. The summed E-state index contributed by atoms with van der Waals surface area (Å²) in [7, 11) is -3.66. The van der Waals surface area contributed by atoms with Crippen molar-refractivity contribution in [2.75, 3.05) is 6.79 Å². The highest BCUT2D eigenvalue weighted by Gasteiger charge is 2.40. The van der Waals surface area contributed by atoms with Gasteiger partial charge in [0, 0.05) is 0 Å². The molecule has 0 N–H and O–H groups in total. The lowest BCUT2D eigenvalue weighted by molar-refractivity contribution is 0.173. The van der Waals surface area contributed by atoms with Crippen LogP contribution in [0.2, 0.25) is 0 Å². The zero-order valence-electron chi connectivity index (χ0n) is 12.9. The number of aryl methyl sites for hydroxylation is 1. The van der Waals surface area contributed by atoms with Gasteiger partial charge in [-0.15, -0.1) is 0 Å². The molecule has 2 aliphatic rings. The molecule has 6 nitrogen and oxygen atoms in total. The molecule has 0 saturated carbocycles. The van der Waals surface area contributed by atoms with Crippen LogP contribution in [-0.4, -0.2) is 27.0 Å². The third-order valence-electron chi connectivity index (χ3n) is 4.07. The fourth-order valence-corrected chi connectivity index (χ4v) is 4.30. The summed E-state index contributed by atoms with van der Waals surface area (Å²) in [5.41, 5.74) is 1.67. The molecule has 2 aromatic rings. The molecule has 0 aromatic heterocycles. The number of fused-ring (bicyclic) bond motifs is 1. The fourth-order valence-electron chi connectivity index (χ4n) is 2.75. The Morgan fingerprint density at radius 2 is 1.79 bits per heavy atom. The molecular formula is C17H15NO5S. The van der Waals surface area contributed by atoms with Gasteiger partial charge in [0.15, 0.2) is 29.4 Å². The largest absolute Gasteiger partial charge is 0.472 e. The van der Waals surface area contributed by atoms with Crippen molar-refractivity contribution < 1.29 is 22.6 Å². The van der Waals surface area contributed by atoms with Gasteiger partial charge in [-0.2, -0.15) is 0 Å². The van der Waals surface area contributed by atoms with Gasteiger partial charge in [0.05, 0.1) is 4.90 Å². The molecule has 2 heterocycles. The minimum absolute atomic E-state index is 0.159. The van der Waals surface area contributed by atoms with Crippen LogP contribution < -0.4 is 9.47 Å². The number of benzene rings is 2. The summed E-state index contributed by atoms with van der Waals surface area (Å²) in [5, 5.41) is -1.03. The Bertz CT molecular complexity index is 905. The van der Waals surface area contributed by atoms with E-state index in [4.69, 9.17) is 14.2 Å². The molecule has 2 aromatic carbocycles. The molecule has 0 bridgehead atoms. The number of sulfone groups is 1. The van der Waals surface area contributed by atoms with Crippen molar-refractivity contribution in [2.24, 2.45) is 4.99 Å². The Hall–Kier alpha value is -2.54. The van der Waals surface area contributed by atoms with Gasteiger partial charge >= 0.3 is 0 Å². The number of rotatable bonds is 3. The van der Waals surface area contributed by atoms with Crippen molar-refractivity contribution in [1.29, 1.82) is 0 Å². The average Bonchev–Trinajstić information content (AvgIpc) is 3.24. The van der Waals surface area contributed by atoms with Crippen molar-refractivity contribution in [2.45, 2.75) is 23.3 Å². The summed E-state index contributed by atoms with van der Waals surface area (Å²) in [4.78, 5) is 4.28. The summed E-state index contributed by atoms with van der Waals surface area (Å²) in [5.74, 6) is 1.21. The molecule has 0 saturated heterocycles. The van der Waals surface area contributed by atoms with E-state index in [0.717, 1.165) is 5.56 Å². The lowest BCUT2D eigenvalue weighted by Gasteiger charge is -2.18. The zero-order valence-corrected chi connectivity index (χ0v) is 13.7. The van der Waals surface area contributed by atoms with Crippen molar-refractivity contribution in [3.05, 3.63) is 53.6 Å². The van der Waals surface area contributed by atoms with Crippen molar-refractivity contribution >= 4 is 16.2 Å². The molecule has 0 fully saturated rings. The molecule has 2 atom stereocenters. The SMILES string of the molecule is Cc1ccc(S(=O)(=O)C2N=COC2c2ccc3c(c2)OCO3)cc1. The molecule has 4 rings (SSSR count). The maximum absolute atomic E-state index is 12.9. The third-order valence-corrected chi connectivity index (χ3v) is 6.00. The topological polar surface area (TPSA) is 74.2 Å². The molecule has 2 aliphatic heterocycles. The maximum atomic E-state index is 12.9. The number of ether oxygens (including phenoxy) is 3. The summed E-state index contributed by atoms with van der Waals surface area (Å²) >= 11 is 0. The highest BCUT2D eigenvalue weighted by atomic mass is 32.2. The van der Waals surface area contributed by atoms with Crippen LogP contribution in [0.3, 0.4) is 0 Å². The zero-order chi connectivity index (χ0) is 16.7. The second-order valence-electron chi connectivity index (χ2n) is 5.67. The molecular weight excluding hydrogens is 330 g/mol. The van der Waals surface area contributed by atoms with E-state index in [2.05, 4.69) is 4.99 Å². The second kappa shape index (κ2) is 5.52. The van der Waals surface area contributed by atoms with Crippen molar-refractivity contribution in [1.82, 2.24) is 0 Å². The van der Waals surface area contributed by atoms with Crippen LogP contribution in [0, 0.1) is 6.92 Å². The quantitative estimate of drug-likeness (QED) is 0.855. The van der Waals surface area contributed by atoms with Gasteiger partial charge in [0.25, 0.3) is 0 Å². The summed E-state index contributed by atoms with van der Waals surface area (Å²) < 4.78 is 41.9. The van der Waals surface area contributed by atoms with Gasteiger partial charge in [-0.1, -0.05) is 23.8 Å². The minimum atomic E-state index is -3.66. The first-order valence-corrected chi connectivity index (χ1v) is 8.97. The molecule has 2 unspecified atom stereocenters. The summed E-state index contributed by atoms with van der Waals surface area (Å²) in [6.45, 7) is 2.06. The van der Waals surface area contributed by atoms with E-state index >= 15 is 0 Å². The minimum Gasteiger partial charge on any atom is -0.472 e. The van der Waals surface area contributed by atoms with E-state index < -0.39 is 21.3 Å². The molecule has 0 radical (unpaired) electrons. The Kier molecular flexibility index (Phi) is 3.45. The highest BCUT2D eigenvalue weighted by Crippen LogP contribution is 2.39. The van der Waals surface area contributed by atoms with Crippen LogP contribution in [0.1, 0.15) is 17.2 Å². The van der Waals surface area contributed by atoms with Crippen LogP contribution in [0.15, 0.2) is 52.4 Å². The smallest absolute Gasteiger partial charge is 0.231 e. The number of hydrogen-bond donors (Lipinski definition) is 0. The number of nitrogens with zero attached hydrogens (tertiary/aromatic N) is 1. The molecule has 7 heteroatoms. The number of hydrogen-bond acceptors (Lipinski definition) is 6. The Morgan fingerprint density at radius 1 is 1.04 bits per heavy atom. The van der Waals surface area contributed by atoms with Crippen LogP contribution in [0.25, 0.3) is 0 Å². The first-order valence-electron chi connectivity index (χ1n) is 7.43. The maximum Gasteiger partial charge on any atom is 0.231 e. The van der Waals surface area contributed by atoms with Crippen LogP contribution >= 0.6 is 0 Å². The van der Waals surface area contributed by atoms with E-state index in [9.17, 15) is 8.42 Å². The van der Waals surface area contributed by atoms with Gasteiger partial charge in [0.2, 0.25) is 16.6 Å². The lowest BCUT2D eigenvalue weighted by Crippen LogP contribution is -2.24. The second-order valence-corrected chi connectivity index (χ2v) is 7.72. The summed E-state index contributed by atoms with van der Waals surface area (Å²) in [6.07, 6.45) is 0.483. The Labute approximate surface area is 139 Å². The summed E-state index contributed by atoms with van der Waals surface area (Å²) in [6, 6.07) is 12.0. The molecule has 0 aliphatic carbocycles. The van der Waals surface area contributed by atoms with Crippen molar-refractivity contribution in [3.63, 3.8) is 0 Å². The highest BCUT2D eigenvalue weighted by molar-refractivity contribution is 7.92.